The second-order valence-electron chi connectivity index (χ2n) is 3.10. The number of methoxy groups -OCH3 is 1. The van der Waals surface area contributed by atoms with E-state index in [1.54, 1.807) is 0 Å². The summed E-state index contributed by atoms with van der Waals surface area (Å²) in [5, 5.41) is 8.66. The van der Waals surface area contributed by atoms with E-state index in [1.165, 1.54) is 25.3 Å². The van der Waals surface area contributed by atoms with E-state index in [4.69, 9.17) is 15.6 Å². The van der Waals surface area contributed by atoms with Gasteiger partial charge in [-0.2, -0.15) is 0 Å². The smallest absolute Gasteiger partial charge is 0.325 e. The van der Waals surface area contributed by atoms with Gasteiger partial charge < -0.3 is 15.6 Å². The average molecular weight is 213 g/mol. The van der Waals surface area contributed by atoms with Crippen LogP contribution in [0.25, 0.3) is 0 Å². The Labute approximate surface area is 86.5 Å². The number of ether oxygens (including phenoxy) is 1. The zero-order chi connectivity index (χ0) is 11.4. The summed E-state index contributed by atoms with van der Waals surface area (Å²) in [7, 11) is 1.50. The summed E-state index contributed by atoms with van der Waals surface area (Å²) in [6.45, 7) is 0.291. The Balaban J connectivity index is 3.04. The van der Waals surface area contributed by atoms with Crippen LogP contribution in [-0.2, 0) is 16.1 Å². The second-order valence-corrected chi connectivity index (χ2v) is 3.10. The molecule has 0 aliphatic heterocycles. The Bertz CT molecular complexity index is 368. The molecule has 4 nitrogen and oxygen atoms in total. The third-order valence-corrected chi connectivity index (χ3v) is 1.97. The van der Waals surface area contributed by atoms with E-state index in [2.05, 4.69) is 0 Å². The van der Waals surface area contributed by atoms with Gasteiger partial charge in [0.2, 0.25) is 0 Å². The minimum atomic E-state index is -1.35. The number of halogens is 1. The van der Waals surface area contributed by atoms with Crippen molar-refractivity contribution in [1.29, 1.82) is 0 Å². The molecule has 0 bridgehead atoms. The topological polar surface area (TPSA) is 72.5 Å². The lowest BCUT2D eigenvalue weighted by atomic mass is 10.0. The van der Waals surface area contributed by atoms with E-state index in [0.29, 0.717) is 12.2 Å². The van der Waals surface area contributed by atoms with Gasteiger partial charge in [-0.25, -0.2) is 4.39 Å². The van der Waals surface area contributed by atoms with Gasteiger partial charge in [0.15, 0.2) is 0 Å². The molecule has 1 rings (SSSR count). The highest BCUT2D eigenvalue weighted by atomic mass is 19.1. The maximum Gasteiger partial charge on any atom is 0.325 e. The lowest BCUT2D eigenvalue weighted by Gasteiger charge is -2.09. The number of rotatable bonds is 4. The molecule has 0 spiro atoms. The largest absolute Gasteiger partial charge is 0.480 e. The van der Waals surface area contributed by atoms with Crippen molar-refractivity contribution in [3.63, 3.8) is 0 Å². The Kier molecular flexibility index (Phi) is 3.76. The van der Waals surface area contributed by atoms with E-state index >= 15 is 0 Å². The van der Waals surface area contributed by atoms with Gasteiger partial charge in [-0.3, -0.25) is 4.79 Å². The van der Waals surface area contributed by atoms with Crippen LogP contribution in [0.1, 0.15) is 17.2 Å². The van der Waals surface area contributed by atoms with Crippen molar-refractivity contribution < 1.29 is 19.0 Å². The fraction of sp³-hybridized carbons (Fsp3) is 0.300. The molecule has 0 aromatic heterocycles. The Hall–Kier alpha value is -1.46. The molecule has 0 saturated carbocycles. The van der Waals surface area contributed by atoms with Crippen LogP contribution in [-0.4, -0.2) is 18.2 Å². The Morgan fingerprint density at radius 2 is 2.33 bits per heavy atom. The standard InChI is InChI=1S/C10H12FNO3/c1-15-5-6-2-3-8(11)7(4-6)9(12)10(13)14/h2-4,9H,5,12H2,1H3,(H,13,14). The molecule has 0 radical (unpaired) electrons. The van der Waals surface area contributed by atoms with E-state index in [9.17, 15) is 9.18 Å². The SMILES string of the molecule is COCc1ccc(F)c(C(N)C(=O)O)c1. The lowest BCUT2D eigenvalue weighted by Crippen LogP contribution is -2.22. The maximum absolute atomic E-state index is 13.2. The fourth-order valence-corrected chi connectivity index (χ4v) is 1.22. The monoisotopic (exact) mass is 213 g/mol. The quantitative estimate of drug-likeness (QED) is 0.784. The molecule has 15 heavy (non-hydrogen) atoms. The summed E-state index contributed by atoms with van der Waals surface area (Å²) in [6, 6.07) is 2.77. The summed E-state index contributed by atoms with van der Waals surface area (Å²) < 4.78 is 18.1. The van der Waals surface area contributed by atoms with Crippen molar-refractivity contribution in [1.82, 2.24) is 0 Å². The van der Waals surface area contributed by atoms with Crippen molar-refractivity contribution in [2.24, 2.45) is 5.73 Å². The fourth-order valence-electron chi connectivity index (χ4n) is 1.22. The predicted molar refractivity (Wildman–Crippen MR) is 51.7 cm³/mol. The molecule has 0 heterocycles. The Morgan fingerprint density at radius 3 is 2.87 bits per heavy atom. The molecular weight excluding hydrogens is 201 g/mol. The van der Waals surface area contributed by atoms with Crippen molar-refractivity contribution in [2.45, 2.75) is 12.6 Å². The number of hydrogen-bond donors (Lipinski definition) is 2. The molecule has 0 amide bonds. The minimum absolute atomic E-state index is 0.0305. The van der Waals surface area contributed by atoms with E-state index < -0.39 is 17.8 Å². The molecule has 0 saturated heterocycles. The van der Waals surface area contributed by atoms with Gasteiger partial charge in [-0.1, -0.05) is 6.07 Å². The molecular formula is C10H12FNO3. The molecule has 0 aliphatic carbocycles. The molecule has 3 N–H and O–H groups in total. The number of carbonyl (C=O) groups is 1. The van der Waals surface area contributed by atoms with Crippen LogP contribution >= 0.6 is 0 Å². The van der Waals surface area contributed by atoms with Crippen LogP contribution in [0.2, 0.25) is 0 Å². The molecule has 1 aromatic rings. The number of nitrogens with two attached hydrogens (primary N) is 1. The van der Waals surface area contributed by atoms with E-state index in [-0.39, 0.29) is 5.56 Å². The van der Waals surface area contributed by atoms with Crippen LogP contribution in [0.15, 0.2) is 18.2 Å². The summed E-state index contributed by atoms with van der Waals surface area (Å²) in [5.41, 5.74) is 5.98. The third kappa shape index (κ3) is 2.74. The zero-order valence-corrected chi connectivity index (χ0v) is 8.24. The van der Waals surface area contributed by atoms with Crippen LogP contribution in [0.5, 0.6) is 0 Å². The first kappa shape index (κ1) is 11.6. The molecule has 0 fully saturated rings. The van der Waals surface area contributed by atoms with Gasteiger partial charge in [0.1, 0.15) is 11.9 Å². The zero-order valence-electron chi connectivity index (χ0n) is 8.24. The van der Waals surface area contributed by atoms with Crippen molar-refractivity contribution in [2.75, 3.05) is 7.11 Å². The molecule has 1 aromatic carbocycles. The van der Waals surface area contributed by atoms with Crippen LogP contribution in [0.3, 0.4) is 0 Å². The number of carboxylic acids is 1. The molecule has 5 heteroatoms. The molecule has 82 valence electrons. The predicted octanol–water partition coefficient (Wildman–Crippen LogP) is 1.06. The number of hydrogen-bond acceptors (Lipinski definition) is 3. The van der Waals surface area contributed by atoms with Crippen LogP contribution in [0, 0.1) is 5.82 Å². The first-order valence-electron chi connectivity index (χ1n) is 4.32. The van der Waals surface area contributed by atoms with E-state index in [1.807, 2.05) is 0 Å². The van der Waals surface area contributed by atoms with Gasteiger partial charge in [0.05, 0.1) is 6.61 Å². The molecule has 1 atom stereocenters. The highest BCUT2D eigenvalue weighted by Crippen LogP contribution is 2.17. The molecule has 0 aliphatic rings. The van der Waals surface area contributed by atoms with Crippen LogP contribution in [0.4, 0.5) is 4.39 Å². The van der Waals surface area contributed by atoms with E-state index in [0.717, 1.165) is 0 Å². The number of aliphatic carboxylic acids is 1. The summed E-state index contributed by atoms with van der Waals surface area (Å²) in [6.07, 6.45) is 0. The van der Waals surface area contributed by atoms with Crippen molar-refractivity contribution in [3.05, 3.63) is 35.1 Å². The van der Waals surface area contributed by atoms with Gasteiger partial charge in [-0.05, 0) is 17.7 Å². The number of carboxylic acid groups (broad SMARTS) is 1. The normalized spacial score (nSPS) is 12.5. The lowest BCUT2D eigenvalue weighted by molar-refractivity contribution is -0.138. The van der Waals surface area contributed by atoms with Gasteiger partial charge >= 0.3 is 5.97 Å². The highest BCUT2D eigenvalue weighted by Gasteiger charge is 2.18. The van der Waals surface area contributed by atoms with Gasteiger partial charge in [0.25, 0.3) is 0 Å². The summed E-state index contributed by atoms with van der Waals surface area (Å²) >= 11 is 0. The first-order chi connectivity index (χ1) is 7.06. The second kappa shape index (κ2) is 4.86. The van der Waals surface area contributed by atoms with Gasteiger partial charge in [-0.15, -0.1) is 0 Å². The maximum atomic E-state index is 13.2. The first-order valence-corrected chi connectivity index (χ1v) is 4.32. The number of benzene rings is 1. The third-order valence-electron chi connectivity index (χ3n) is 1.97. The summed E-state index contributed by atoms with van der Waals surface area (Å²) in [4.78, 5) is 10.6. The van der Waals surface area contributed by atoms with Crippen molar-refractivity contribution >= 4 is 5.97 Å². The van der Waals surface area contributed by atoms with Gasteiger partial charge in [0, 0.05) is 12.7 Å². The molecule has 1 unspecified atom stereocenters. The summed E-state index contributed by atoms with van der Waals surface area (Å²) in [5.74, 6) is -1.88. The Morgan fingerprint density at radius 1 is 1.67 bits per heavy atom. The van der Waals surface area contributed by atoms with Crippen molar-refractivity contribution in [3.8, 4) is 0 Å². The van der Waals surface area contributed by atoms with Crippen LogP contribution < -0.4 is 5.73 Å². The minimum Gasteiger partial charge on any atom is -0.480 e. The highest BCUT2D eigenvalue weighted by molar-refractivity contribution is 5.75. The average Bonchev–Trinajstić information content (AvgIpc) is 2.20.